The van der Waals surface area contributed by atoms with Gasteiger partial charge in [-0.1, -0.05) is 0 Å². The fourth-order valence-electron chi connectivity index (χ4n) is 1.99. The van der Waals surface area contributed by atoms with Gasteiger partial charge in [0, 0.05) is 17.7 Å². The molecule has 2 aromatic rings. The molecule has 0 saturated heterocycles. The molecule has 0 fully saturated rings. The first-order valence-corrected chi connectivity index (χ1v) is 8.34. The molecule has 0 radical (unpaired) electrons. The number of rotatable bonds is 6. The number of hydrogen-bond donors (Lipinski definition) is 1. The van der Waals surface area contributed by atoms with E-state index in [4.69, 9.17) is 9.88 Å². The molecule has 0 bridgehead atoms. The zero-order valence-corrected chi connectivity index (χ0v) is 13.9. The number of carbonyl (C=O) groups excluding carboxylic acids is 1. The molecule has 136 valence electrons. The van der Waals surface area contributed by atoms with Crippen LogP contribution in [0, 0.1) is 20.2 Å². The van der Waals surface area contributed by atoms with E-state index in [0.29, 0.717) is 6.07 Å². The van der Waals surface area contributed by atoms with Crippen molar-refractivity contribution in [2.45, 2.75) is 11.8 Å². The van der Waals surface area contributed by atoms with Crippen LogP contribution in [0.2, 0.25) is 0 Å². The SMILES string of the molecule is CC(=O)c1ccc(Oc2ccc(S(N)(=O)=O)cc2[N+](=O)[O-])c([N+](=O)[O-])c1. The van der Waals surface area contributed by atoms with Crippen molar-refractivity contribution in [1.29, 1.82) is 0 Å². The van der Waals surface area contributed by atoms with Crippen LogP contribution in [0.4, 0.5) is 11.4 Å². The monoisotopic (exact) mass is 381 g/mol. The van der Waals surface area contributed by atoms with Crippen LogP contribution in [0.5, 0.6) is 11.5 Å². The summed E-state index contributed by atoms with van der Waals surface area (Å²) in [6, 6.07) is 5.96. The molecule has 0 heterocycles. The summed E-state index contributed by atoms with van der Waals surface area (Å²) in [5.74, 6) is -1.20. The number of Topliss-reactive ketones (excluding diaryl/α,β-unsaturated/α-hetero) is 1. The van der Waals surface area contributed by atoms with Gasteiger partial charge in [-0.25, -0.2) is 13.6 Å². The lowest BCUT2D eigenvalue weighted by molar-refractivity contribution is -0.387. The van der Waals surface area contributed by atoms with E-state index in [9.17, 15) is 33.4 Å². The predicted molar refractivity (Wildman–Crippen MR) is 87.6 cm³/mol. The summed E-state index contributed by atoms with van der Waals surface area (Å²) in [7, 11) is -4.19. The van der Waals surface area contributed by atoms with Crippen LogP contribution in [0.25, 0.3) is 0 Å². The van der Waals surface area contributed by atoms with E-state index in [1.807, 2.05) is 0 Å². The average Bonchev–Trinajstić information content (AvgIpc) is 2.53. The van der Waals surface area contributed by atoms with Crippen LogP contribution in [0.3, 0.4) is 0 Å². The van der Waals surface area contributed by atoms with Crippen molar-refractivity contribution in [2.75, 3.05) is 0 Å². The molecule has 0 aliphatic rings. The van der Waals surface area contributed by atoms with Gasteiger partial charge in [-0.2, -0.15) is 0 Å². The fraction of sp³-hybridized carbons (Fsp3) is 0.0714. The Balaban J connectivity index is 2.56. The van der Waals surface area contributed by atoms with Gasteiger partial charge in [0.15, 0.2) is 5.78 Å². The summed E-state index contributed by atoms with van der Waals surface area (Å²) in [4.78, 5) is 31.4. The second-order valence-corrected chi connectivity index (χ2v) is 6.59. The molecular formula is C14H11N3O8S. The van der Waals surface area contributed by atoms with Gasteiger partial charge in [-0.15, -0.1) is 0 Å². The Labute approximate surface area is 146 Å². The van der Waals surface area contributed by atoms with Gasteiger partial charge in [0.2, 0.25) is 21.5 Å². The van der Waals surface area contributed by atoms with Gasteiger partial charge in [0.05, 0.1) is 14.7 Å². The third-order valence-electron chi connectivity index (χ3n) is 3.24. The van der Waals surface area contributed by atoms with Crippen LogP contribution in [-0.2, 0) is 10.0 Å². The number of carbonyl (C=O) groups is 1. The lowest BCUT2D eigenvalue weighted by Gasteiger charge is -2.08. The third kappa shape index (κ3) is 3.99. The van der Waals surface area contributed by atoms with Crippen molar-refractivity contribution < 1.29 is 27.8 Å². The first kappa shape index (κ1) is 19.0. The maximum atomic E-state index is 11.3. The van der Waals surface area contributed by atoms with Crippen LogP contribution < -0.4 is 9.88 Å². The van der Waals surface area contributed by atoms with Gasteiger partial charge in [-0.3, -0.25) is 25.0 Å². The minimum Gasteiger partial charge on any atom is -0.443 e. The largest absolute Gasteiger partial charge is 0.443 e. The molecule has 0 amide bonds. The average molecular weight is 381 g/mol. The van der Waals surface area contributed by atoms with Gasteiger partial charge in [0.25, 0.3) is 0 Å². The van der Waals surface area contributed by atoms with E-state index < -0.39 is 47.7 Å². The summed E-state index contributed by atoms with van der Waals surface area (Å²) >= 11 is 0. The Morgan fingerprint density at radius 1 is 1.00 bits per heavy atom. The first-order valence-electron chi connectivity index (χ1n) is 6.79. The molecule has 2 aromatic carbocycles. The smallest absolute Gasteiger partial charge is 0.312 e. The zero-order chi connectivity index (χ0) is 19.6. The van der Waals surface area contributed by atoms with E-state index >= 15 is 0 Å². The molecule has 0 aliphatic carbocycles. The van der Waals surface area contributed by atoms with Crippen LogP contribution in [0.15, 0.2) is 41.3 Å². The van der Waals surface area contributed by atoms with Crippen molar-refractivity contribution in [1.82, 2.24) is 0 Å². The lowest BCUT2D eigenvalue weighted by atomic mass is 10.1. The Bertz CT molecular complexity index is 1030. The van der Waals surface area contributed by atoms with Crippen molar-refractivity contribution in [2.24, 2.45) is 5.14 Å². The molecule has 0 spiro atoms. The molecule has 12 heteroatoms. The Morgan fingerprint density at radius 3 is 1.96 bits per heavy atom. The standard InChI is InChI=1S/C14H11N3O8S/c1-8(18)9-2-4-13(11(6-9)16(19)20)25-14-5-3-10(26(15,23)24)7-12(14)17(21)22/h2-7H,1H3,(H2,15,23,24). The number of ketones is 1. The van der Waals surface area contributed by atoms with E-state index in [-0.39, 0.29) is 11.3 Å². The highest BCUT2D eigenvalue weighted by Crippen LogP contribution is 2.37. The molecule has 0 unspecified atom stereocenters. The summed E-state index contributed by atoms with van der Waals surface area (Å²) in [5.41, 5.74) is -1.27. The minimum absolute atomic E-state index is 0.0584. The van der Waals surface area contributed by atoms with E-state index in [2.05, 4.69) is 0 Å². The number of ether oxygens (including phenoxy) is 1. The highest BCUT2D eigenvalue weighted by atomic mass is 32.2. The summed E-state index contributed by atoms with van der Waals surface area (Å²) in [6.07, 6.45) is 0. The number of nitrogens with two attached hydrogens (primary N) is 1. The first-order chi connectivity index (χ1) is 12.0. The van der Waals surface area contributed by atoms with E-state index in [1.54, 1.807) is 0 Å². The second kappa shape index (κ2) is 6.85. The molecule has 11 nitrogen and oxygen atoms in total. The Morgan fingerprint density at radius 2 is 1.50 bits per heavy atom. The molecule has 2 N–H and O–H groups in total. The highest BCUT2D eigenvalue weighted by molar-refractivity contribution is 7.89. The van der Waals surface area contributed by atoms with Gasteiger partial charge in [0.1, 0.15) is 0 Å². The van der Waals surface area contributed by atoms with Crippen molar-refractivity contribution in [3.63, 3.8) is 0 Å². The Hall–Kier alpha value is -3.38. The topological polar surface area (TPSA) is 173 Å². The summed E-state index contributed by atoms with van der Waals surface area (Å²) in [5, 5.41) is 27.3. The zero-order valence-electron chi connectivity index (χ0n) is 13.1. The van der Waals surface area contributed by atoms with Crippen molar-refractivity contribution >= 4 is 27.2 Å². The minimum atomic E-state index is -4.19. The molecule has 26 heavy (non-hydrogen) atoms. The number of nitro groups is 2. The number of sulfonamides is 1. The maximum Gasteiger partial charge on any atom is 0.312 e. The van der Waals surface area contributed by atoms with Crippen LogP contribution in [0.1, 0.15) is 17.3 Å². The van der Waals surface area contributed by atoms with Crippen molar-refractivity contribution in [3.8, 4) is 11.5 Å². The molecule has 0 aromatic heterocycles. The number of hydrogen-bond acceptors (Lipinski definition) is 8. The van der Waals surface area contributed by atoms with Crippen LogP contribution in [-0.4, -0.2) is 24.0 Å². The second-order valence-electron chi connectivity index (χ2n) is 5.03. The number of nitrogens with zero attached hydrogens (tertiary/aromatic N) is 2. The molecule has 0 atom stereocenters. The number of benzene rings is 2. The third-order valence-corrected chi connectivity index (χ3v) is 4.15. The fourth-order valence-corrected chi connectivity index (χ4v) is 2.52. The molecular weight excluding hydrogens is 370 g/mol. The molecule has 0 saturated carbocycles. The molecule has 0 aliphatic heterocycles. The normalized spacial score (nSPS) is 11.0. The number of nitro benzene ring substituents is 2. The van der Waals surface area contributed by atoms with Crippen LogP contribution >= 0.6 is 0 Å². The highest BCUT2D eigenvalue weighted by Gasteiger charge is 2.24. The summed E-state index contributed by atoms with van der Waals surface area (Å²) < 4.78 is 27.9. The van der Waals surface area contributed by atoms with E-state index in [1.165, 1.54) is 13.0 Å². The Kier molecular flexibility index (Phi) is 5.00. The van der Waals surface area contributed by atoms with Gasteiger partial charge in [-0.05, 0) is 31.2 Å². The molecule has 2 rings (SSSR count). The maximum absolute atomic E-state index is 11.3. The lowest BCUT2D eigenvalue weighted by Crippen LogP contribution is -2.12. The predicted octanol–water partition coefficient (Wildman–Crippen LogP) is 2.15. The summed E-state index contributed by atoms with van der Waals surface area (Å²) in [6.45, 7) is 1.22. The van der Waals surface area contributed by atoms with Gasteiger partial charge < -0.3 is 4.74 Å². The van der Waals surface area contributed by atoms with E-state index in [0.717, 1.165) is 24.3 Å². The quantitative estimate of drug-likeness (QED) is 0.450. The van der Waals surface area contributed by atoms with Gasteiger partial charge >= 0.3 is 11.4 Å². The number of primary sulfonamides is 1. The van der Waals surface area contributed by atoms with Crippen molar-refractivity contribution in [3.05, 3.63) is 62.2 Å².